The molecule has 0 bridgehead atoms. The van der Waals surface area contributed by atoms with E-state index in [1.54, 1.807) is 42.3 Å². The van der Waals surface area contributed by atoms with Crippen LogP contribution in [-0.4, -0.2) is 70.4 Å². The van der Waals surface area contributed by atoms with Gasteiger partial charge in [0.2, 0.25) is 0 Å². The summed E-state index contributed by atoms with van der Waals surface area (Å²) in [6.07, 6.45) is 1.82. The van der Waals surface area contributed by atoms with Crippen molar-refractivity contribution in [2.75, 3.05) is 38.6 Å². The van der Waals surface area contributed by atoms with Crippen molar-refractivity contribution in [3.05, 3.63) is 47.8 Å². The van der Waals surface area contributed by atoms with Crippen LogP contribution in [0.25, 0.3) is 11.0 Å². The molecule has 0 radical (unpaired) electrons. The maximum absolute atomic E-state index is 11.9. The molecule has 0 aliphatic carbocycles. The number of benzene rings is 1. The lowest BCUT2D eigenvalue weighted by Gasteiger charge is -2.20. The topological polar surface area (TPSA) is 97.4 Å². The Morgan fingerprint density at radius 3 is 2.41 bits per heavy atom. The van der Waals surface area contributed by atoms with E-state index < -0.39 is 0 Å². The Bertz CT molecular complexity index is 1050. The highest BCUT2D eigenvalue weighted by atomic mass is 32.2. The molecule has 10 heteroatoms. The Balaban J connectivity index is 1.57. The third kappa shape index (κ3) is 7.75. The van der Waals surface area contributed by atoms with Crippen LogP contribution in [0, 0.1) is 6.92 Å². The van der Waals surface area contributed by atoms with Gasteiger partial charge < -0.3 is 14.5 Å². The first kappa shape index (κ1) is 26.1. The zero-order valence-electron chi connectivity index (χ0n) is 19.7. The fraction of sp³-hybridized carbons (Fsp3) is 0.417. The van der Waals surface area contributed by atoms with Gasteiger partial charge in [0, 0.05) is 29.1 Å². The number of aromatic amines is 1. The number of carbonyl (C=O) groups excluding carboxylic acids is 2. The molecule has 182 valence electrons. The second-order valence-electron chi connectivity index (χ2n) is 7.40. The number of carbonyl (C=O) groups is 2. The molecular formula is C24H30N4O4S2. The van der Waals surface area contributed by atoms with E-state index in [2.05, 4.69) is 21.9 Å². The van der Waals surface area contributed by atoms with Crippen molar-refractivity contribution >= 4 is 46.5 Å². The zero-order chi connectivity index (χ0) is 24.3. The Morgan fingerprint density at radius 2 is 1.74 bits per heavy atom. The highest BCUT2D eigenvalue weighted by Crippen LogP contribution is 2.28. The number of imidazole rings is 1. The molecule has 2 aromatic heterocycles. The molecule has 1 N–H and O–H groups in total. The van der Waals surface area contributed by atoms with E-state index in [1.165, 1.54) is 0 Å². The number of rotatable bonds is 13. The number of hydrogen-bond acceptors (Lipinski definition) is 9. The van der Waals surface area contributed by atoms with Crippen LogP contribution in [0.15, 0.2) is 46.6 Å². The summed E-state index contributed by atoms with van der Waals surface area (Å²) in [6.45, 7) is 6.88. The SMILES string of the molecule is CCOC(=O)CN(CCSc1ccnc(CSc2nc3ccccc3[nH]2)c1C)CC(=O)OCC. The zero-order valence-corrected chi connectivity index (χ0v) is 21.3. The van der Waals surface area contributed by atoms with E-state index in [0.29, 0.717) is 31.3 Å². The number of hydrogen-bond donors (Lipinski definition) is 1. The molecule has 0 amide bonds. The average Bonchev–Trinajstić information content (AvgIpc) is 3.22. The lowest BCUT2D eigenvalue weighted by Crippen LogP contribution is -2.37. The minimum absolute atomic E-state index is 0.0575. The van der Waals surface area contributed by atoms with Crippen LogP contribution in [0.4, 0.5) is 0 Å². The Morgan fingerprint density at radius 1 is 1.03 bits per heavy atom. The highest BCUT2D eigenvalue weighted by molar-refractivity contribution is 7.99. The van der Waals surface area contributed by atoms with Crippen molar-refractivity contribution in [2.24, 2.45) is 0 Å². The number of thioether (sulfide) groups is 2. The van der Waals surface area contributed by atoms with Crippen molar-refractivity contribution in [2.45, 2.75) is 36.6 Å². The maximum Gasteiger partial charge on any atom is 0.320 e. The molecule has 0 fully saturated rings. The predicted molar refractivity (Wildman–Crippen MR) is 135 cm³/mol. The van der Waals surface area contributed by atoms with Crippen LogP contribution in [-0.2, 0) is 24.8 Å². The third-order valence-electron chi connectivity index (χ3n) is 4.95. The Hall–Kier alpha value is -2.56. The van der Waals surface area contributed by atoms with Crippen LogP contribution in [0.3, 0.4) is 0 Å². The van der Waals surface area contributed by atoms with E-state index in [4.69, 9.17) is 9.47 Å². The largest absolute Gasteiger partial charge is 0.465 e. The summed E-state index contributed by atoms with van der Waals surface area (Å²) in [5, 5.41) is 0.869. The van der Waals surface area contributed by atoms with Gasteiger partial charge in [0.25, 0.3) is 0 Å². The second kappa shape index (κ2) is 13.4. The van der Waals surface area contributed by atoms with Crippen molar-refractivity contribution in [1.82, 2.24) is 19.9 Å². The van der Waals surface area contributed by atoms with Gasteiger partial charge in [0.15, 0.2) is 5.16 Å². The van der Waals surface area contributed by atoms with E-state index in [0.717, 1.165) is 32.3 Å². The van der Waals surface area contributed by atoms with Gasteiger partial charge in [-0.1, -0.05) is 23.9 Å². The molecule has 0 spiro atoms. The van der Waals surface area contributed by atoms with Crippen molar-refractivity contribution in [1.29, 1.82) is 0 Å². The smallest absolute Gasteiger partial charge is 0.320 e. The van der Waals surface area contributed by atoms with Crippen LogP contribution >= 0.6 is 23.5 Å². The molecule has 0 aliphatic rings. The minimum Gasteiger partial charge on any atom is -0.465 e. The summed E-state index contributed by atoms with van der Waals surface area (Å²) in [5.41, 5.74) is 4.10. The number of ether oxygens (including phenoxy) is 2. The van der Waals surface area contributed by atoms with Crippen molar-refractivity contribution < 1.29 is 19.1 Å². The quantitative estimate of drug-likeness (QED) is 0.274. The number of fused-ring (bicyclic) bond motifs is 1. The van der Waals surface area contributed by atoms with Crippen molar-refractivity contribution in [3.8, 4) is 0 Å². The number of pyridine rings is 1. The lowest BCUT2D eigenvalue weighted by molar-refractivity contribution is -0.148. The lowest BCUT2D eigenvalue weighted by atomic mass is 10.2. The summed E-state index contributed by atoms with van der Waals surface area (Å²) < 4.78 is 10.1. The molecule has 0 unspecified atom stereocenters. The molecule has 1 aromatic carbocycles. The van der Waals surface area contributed by atoms with Crippen LogP contribution in [0.1, 0.15) is 25.1 Å². The molecule has 0 saturated heterocycles. The number of H-pyrrole nitrogens is 1. The van der Waals surface area contributed by atoms with E-state index >= 15 is 0 Å². The fourth-order valence-electron chi connectivity index (χ4n) is 3.27. The van der Waals surface area contributed by atoms with Gasteiger partial charge in [-0.25, -0.2) is 4.98 Å². The first-order chi connectivity index (χ1) is 16.5. The van der Waals surface area contributed by atoms with Gasteiger partial charge in [0.05, 0.1) is 43.0 Å². The number of nitrogens with zero attached hydrogens (tertiary/aromatic N) is 3. The molecular weight excluding hydrogens is 472 g/mol. The van der Waals surface area contributed by atoms with Gasteiger partial charge in [-0.15, -0.1) is 11.8 Å². The van der Waals surface area contributed by atoms with Crippen LogP contribution in [0.2, 0.25) is 0 Å². The molecule has 0 aliphatic heterocycles. The summed E-state index contributed by atoms with van der Waals surface area (Å²) >= 11 is 3.30. The summed E-state index contributed by atoms with van der Waals surface area (Å²) in [4.78, 5) is 39.3. The second-order valence-corrected chi connectivity index (χ2v) is 9.50. The molecule has 3 rings (SSSR count). The molecule has 8 nitrogen and oxygen atoms in total. The van der Waals surface area contributed by atoms with E-state index in [-0.39, 0.29) is 25.0 Å². The van der Waals surface area contributed by atoms with Gasteiger partial charge in [-0.2, -0.15) is 0 Å². The number of nitrogens with one attached hydrogen (secondary N) is 1. The fourth-order valence-corrected chi connectivity index (χ4v) is 5.24. The maximum atomic E-state index is 11.9. The summed E-state index contributed by atoms with van der Waals surface area (Å²) in [7, 11) is 0. The van der Waals surface area contributed by atoms with Gasteiger partial charge in [-0.05, 0) is 44.5 Å². The van der Waals surface area contributed by atoms with Crippen molar-refractivity contribution in [3.63, 3.8) is 0 Å². The molecule has 3 aromatic rings. The number of esters is 2. The van der Waals surface area contributed by atoms with Crippen LogP contribution < -0.4 is 0 Å². The first-order valence-electron chi connectivity index (χ1n) is 11.2. The van der Waals surface area contributed by atoms with Gasteiger partial charge >= 0.3 is 11.9 Å². The summed E-state index contributed by atoms with van der Waals surface area (Å²) in [6, 6.07) is 9.97. The molecule has 34 heavy (non-hydrogen) atoms. The normalized spacial score (nSPS) is 11.2. The standard InChI is InChI=1S/C24H30N4O4S2/c1-4-31-22(29)14-28(15-23(30)32-5-2)12-13-33-21-10-11-25-20(17(21)3)16-34-24-26-18-8-6-7-9-19(18)27-24/h6-11H,4-5,12-16H2,1-3H3,(H,26,27). The highest BCUT2D eigenvalue weighted by Gasteiger charge is 2.17. The first-order valence-corrected chi connectivity index (χ1v) is 13.2. The van der Waals surface area contributed by atoms with Gasteiger partial charge in [-0.3, -0.25) is 19.5 Å². The minimum atomic E-state index is -0.346. The van der Waals surface area contributed by atoms with Crippen LogP contribution in [0.5, 0.6) is 0 Å². The number of aromatic nitrogens is 3. The Kier molecular flexibility index (Phi) is 10.2. The Labute approximate surface area is 208 Å². The van der Waals surface area contributed by atoms with Gasteiger partial charge in [0.1, 0.15) is 0 Å². The average molecular weight is 503 g/mol. The third-order valence-corrected chi connectivity index (χ3v) is 6.98. The summed E-state index contributed by atoms with van der Waals surface area (Å²) in [5.74, 6) is 0.723. The monoisotopic (exact) mass is 502 g/mol. The van der Waals surface area contributed by atoms with E-state index in [9.17, 15) is 9.59 Å². The molecule has 2 heterocycles. The number of para-hydroxylation sites is 2. The molecule has 0 atom stereocenters. The molecule has 0 saturated carbocycles. The van der Waals surface area contributed by atoms with E-state index in [1.807, 2.05) is 36.5 Å². The predicted octanol–water partition coefficient (Wildman–Crippen LogP) is 4.08.